The van der Waals surface area contributed by atoms with E-state index in [9.17, 15) is 9.59 Å². The third kappa shape index (κ3) is 2.36. The molecule has 1 aromatic heterocycles. The maximum atomic E-state index is 12.5. The van der Waals surface area contributed by atoms with Crippen LogP contribution in [0.25, 0.3) is 0 Å². The van der Waals surface area contributed by atoms with E-state index in [1.54, 1.807) is 17.0 Å². The molecule has 6 heteroatoms. The van der Waals surface area contributed by atoms with E-state index < -0.39 is 11.7 Å². The summed E-state index contributed by atoms with van der Waals surface area (Å²) in [4.78, 5) is 29.3. The molecule has 2 aliphatic rings. The number of thiophene rings is 1. The number of quaternary nitrogens is 1. The highest BCUT2D eigenvalue weighted by atomic mass is 79.9. The van der Waals surface area contributed by atoms with Gasteiger partial charge in [-0.25, -0.2) is 0 Å². The fraction of sp³-hybridized carbons (Fsp3) is 0.333. The zero-order valence-corrected chi connectivity index (χ0v) is 15.7. The predicted octanol–water partition coefficient (Wildman–Crippen LogP) is 2.59. The number of carbonyl (C=O) groups is 2. The van der Waals surface area contributed by atoms with Gasteiger partial charge in [0.25, 0.3) is 5.78 Å². The van der Waals surface area contributed by atoms with E-state index >= 15 is 0 Å². The SMILES string of the molecule is CC[C@H]1c2ccsc2CC[NH+]1CN1C(=O)C(=O)c2cccc(Br)c21. The Morgan fingerprint density at radius 2 is 2.17 bits per heavy atom. The Morgan fingerprint density at radius 1 is 1.33 bits per heavy atom. The third-order valence-electron chi connectivity index (χ3n) is 5.03. The van der Waals surface area contributed by atoms with Crippen molar-refractivity contribution in [1.29, 1.82) is 0 Å². The average Bonchev–Trinajstić information content (AvgIpc) is 3.15. The van der Waals surface area contributed by atoms with Gasteiger partial charge < -0.3 is 4.90 Å². The summed E-state index contributed by atoms with van der Waals surface area (Å²) in [5.74, 6) is -0.803. The van der Waals surface area contributed by atoms with E-state index in [4.69, 9.17) is 0 Å². The quantitative estimate of drug-likeness (QED) is 0.797. The molecule has 1 aromatic carbocycles. The Hall–Kier alpha value is -1.50. The average molecular weight is 406 g/mol. The van der Waals surface area contributed by atoms with Crippen molar-refractivity contribution in [2.24, 2.45) is 0 Å². The second kappa shape index (κ2) is 6.10. The summed E-state index contributed by atoms with van der Waals surface area (Å²) in [6, 6.07) is 8.03. The molecule has 2 aromatic rings. The molecule has 2 atom stereocenters. The van der Waals surface area contributed by atoms with Crippen LogP contribution in [-0.4, -0.2) is 24.9 Å². The van der Waals surface area contributed by atoms with E-state index in [1.165, 1.54) is 15.3 Å². The van der Waals surface area contributed by atoms with Crippen LogP contribution >= 0.6 is 27.3 Å². The van der Waals surface area contributed by atoms with Crippen LogP contribution in [0.4, 0.5) is 5.69 Å². The zero-order valence-electron chi connectivity index (χ0n) is 13.3. The number of carbonyl (C=O) groups excluding carboxylic acids is 2. The molecule has 0 bridgehead atoms. The van der Waals surface area contributed by atoms with Crippen molar-refractivity contribution < 1.29 is 14.5 Å². The van der Waals surface area contributed by atoms with Gasteiger partial charge in [-0.2, -0.15) is 0 Å². The Morgan fingerprint density at radius 3 is 2.96 bits per heavy atom. The lowest BCUT2D eigenvalue weighted by Gasteiger charge is -2.34. The van der Waals surface area contributed by atoms with Gasteiger partial charge in [-0.3, -0.25) is 14.5 Å². The first-order valence-electron chi connectivity index (χ1n) is 8.17. The number of anilines is 1. The molecule has 1 unspecified atom stereocenters. The molecule has 1 amide bonds. The monoisotopic (exact) mass is 405 g/mol. The summed E-state index contributed by atoms with van der Waals surface area (Å²) < 4.78 is 0.805. The summed E-state index contributed by atoms with van der Waals surface area (Å²) >= 11 is 5.33. The summed E-state index contributed by atoms with van der Waals surface area (Å²) in [5, 5.41) is 2.16. The molecule has 0 saturated heterocycles. The van der Waals surface area contributed by atoms with Crippen molar-refractivity contribution in [2.75, 3.05) is 18.1 Å². The number of nitrogens with one attached hydrogen (secondary N) is 1. The van der Waals surface area contributed by atoms with Gasteiger partial charge in [0.1, 0.15) is 6.04 Å². The fourth-order valence-corrected chi connectivity index (χ4v) is 5.42. The number of para-hydroxylation sites is 1. The van der Waals surface area contributed by atoms with Gasteiger partial charge in [-0.05, 0) is 39.5 Å². The number of halogens is 1. The summed E-state index contributed by atoms with van der Waals surface area (Å²) in [5.41, 5.74) is 2.65. The molecule has 4 nitrogen and oxygen atoms in total. The van der Waals surface area contributed by atoms with E-state index in [-0.39, 0.29) is 0 Å². The van der Waals surface area contributed by atoms with Gasteiger partial charge in [0.2, 0.25) is 0 Å². The first-order valence-corrected chi connectivity index (χ1v) is 9.84. The number of benzene rings is 1. The van der Waals surface area contributed by atoms with Gasteiger partial charge in [-0.1, -0.05) is 13.0 Å². The van der Waals surface area contributed by atoms with Crippen molar-refractivity contribution in [3.05, 3.63) is 50.1 Å². The lowest BCUT2D eigenvalue weighted by molar-refractivity contribution is -0.932. The highest BCUT2D eigenvalue weighted by molar-refractivity contribution is 9.10. The highest BCUT2D eigenvalue weighted by Gasteiger charge is 2.41. The Balaban J connectivity index is 1.67. The summed E-state index contributed by atoms with van der Waals surface area (Å²) in [6.45, 7) is 3.72. The summed E-state index contributed by atoms with van der Waals surface area (Å²) in [7, 11) is 0. The molecule has 0 spiro atoms. The molecule has 0 aliphatic carbocycles. The largest absolute Gasteiger partial charge is 0.311 e. The van der Waals surface area contributed by atoms with Crippen molar-refractivity contribution in [2.45, 2.75) is 25.8 Å². The second-order valence-electron chi connectivity index (χ2n) is 6.27. The molecule has 0 radical (unpaired) electrons. The standard InChI is InChI=1S/C18H17BrN2O2S/c1-2-14-11-7-9-24-15(11)6-8-20(14)10-21-16-12(17(22)18(21)23)4-3-5-13(16)19/h3-5,7,9,14H,2,6,8,10H2,1H3/p+1/t14-/m0/s1. The topological polar surface area (TPSA) is 41.8 Å². The number of rotatable bonds is 3. The predicted molar refractivity (Wildman–Crippen MR) is 97.7 cm³/mol. The van der Waals surface area contributed by atoms with Gasteiger partial charge in [0.15, 0.2) is 6.67 Å². The van der Waals surface area contributed by atoms with E-state index in [0.717, 1.165) is 29.5 Å². The molecular formula is C18H18BrN2O2S+. The third-order valence-corrected chi connectivity index (χ3v) is 6.67. The van der Waals surface area contributed by atoms with Crippen molar-refractivity contribution in [3.8, 4) is 0 Å². The van der Waals surface area contributed by atoms with Crippen LogP contribution in [-0.2, 0) is 11.2 Å². The number of fused-ring (bicyclic) bond motifs is 2. The number of nitrogens with zero attached hydrogens (tertiary/aromatic N) is 1. The second-order valence-corrected chi connectivity index (χ2v) is 8.13. The van der Waals surface area contributed by atoms with Gasteiger partial charge in [-0.15, -0.1) is 11.3 Å². The number of Topliss-reactive ketones (excluding diaryl/α,β-unsaturated/α-hetero) is 1. The molecule has 0 fully saturated rings. The number of ketones is 1. The minimum absolute atomic E-state index is 0.384. The highest BCUT2D eigenvalue weighted by Crippen LogP contribution is 2.35. The van der Waals surface area contributed by atoms with Crippen LogP contribution in [0.3, 0.4) is 0 Å². The number of hydrogen-bond donors (Lipinski definition) is 1. The lowest BCUT2D eigenvalue weighted by atomic mass is 9.98. The Kier molecular flexibility index (Phi) is 4.06. The van der Waals surface area contributed by atoms with Gasteiger partial charge >= 0.3 is 5.91 Å². The smallest absolute Gasteiger partial charge is 0.303 e. The molecule has 0 saturated carbocycles. The minimum Gasteiger partial charge on any atom is -0.311 e. The first-order chi connectivity index (χ1) is 11.6. The first kappa shape index (κ1) is 16.0. The summed E-state index contributed by atoms with van der Waals surface area (Å²) in [6.07, 6.45) is 2.06. The van der Waals surface area contributed by atoms with E-state index in [0.29, 0.717) is 18.3 Å². The molecule has 4 rings (SSSR count). The Bertz CT molecular complexity index is 832. The van der Waals surface area contributed by atoms with Gasteiger partial charge in [0, 0.05) is 27.8 Å². The van der Waals surface area contributed by atoms with Crippen molar-refractivity contribution in [1.82, 2.24) is 0 Å². The molecule has 124 valence electrons. The van der Waals surface area contributed by atoms with Crippen molar-refractivity contribution >= 4 is 44.6 Å². The van der Waals surface area contributed by atoms with Crippen LogP contribution in [0.2, 0.25) is 0 Å². The minimum atomic E-state index is -0.407. The Labute approximate surface area is 153 Å². The molecule has 1 N–H and O–H groups in total. The molecule has 24 heavy (non-hydrogen) atoms. The fourth-order valence-electron chi connectivity index (χ4n) is 3.90. The number of amides is 1. The number of hydrogen-bond acceptors (Lipinski definition) is 3. The van der Waals surface area contributed by atoms with E-state index in [1.807, 2.05) is 17.4 Å². The van der Waals surface area contributed by atoms with Crippen LogP contribution in [0, 0.1) is 0 Å². The van der Waals surface area contributed by atoms with Crippen LogP contribution in [0.15, 0.2) is 34.1 Å². The normalized spacial score (nSPS) is 22.7. The maximum absolute atomic E-state index is 12.5. The molecule has 3 heterocycles. The molecule has 2 aliphatic heterocycles. The van der Waals surface area contributed by atoms with Crippen LogP contribution in [0.1, 0.15) is 40.2 Å². The van der Waals surface area contributed by atoms with Crippen LogP contribution < -0.4 is 9.80 Å². The lowest BCUT2D eigenvalue weighted by Crippen LogP contribution is -3.15. The van der Waals surface area contributed by atoms with Crippen LogP contribution in [0.5, 0.6) is 0 Å². The van der Waals surface area contributed by atoms with E-state index in [2.05, 4.69) is 34.3 Å². The zero-order chi connectivity index (χ0) is 16.8. The van der Waals surface area contributed by atoms with Gasteiger partial charge in [0.05, 0.1) is 17.8 Å². The molecular weight excluding hydrogens is 388 g/mol. The maximum Gasteiger partial charge on any atom is 0.303 e. The van der Waals surface area contributed by atoms with Crippen molar-refractivity contribution in [3.63, 3.8) is 0 Å².